The molecule has 110 valence electrons. The quantitative estimate of drug-likeness (QED) is 0.316. The van der Waals surface area contributed by atoms with Crippen LogP contribution in [0.4, 0.5) is 0 Å². The van der Waals surface area contributed by atoms with Crippen molar-refractivity contribution in [3.8, 4) is 0 Å². The molecule has 3 rings (SSSR count). The summed E-state index contributed by atoms with van der Waals surface area (Å²) in [6, 6.07) is 17.3. The van der Waals surface area contributed by atoms with Crippen LogP contribution in [0.15, 0.2) is 53.4 Å². The summed E-state index contributed by atoms with van der Waals surface area (Å²) in [4.78, 5) is 0.293. The first-order chi connectivity index (χ1) is 10.5. The maximum absolute atomic E-state index is 12.8. The van der Waals surface area contributed by atoms with Gasteiger partial charge in [0.25, 0.3) is 10.0 Å². The topological polar surface area (TPSA) is 39.1 Å². The number of aryl methyl sites for hydroxylation is 2. The fourth-order valence-electron chi connectivity index (χ4n) is 2.31. The molecule has 3 aromatic rings. The van der Waals surface area contributed by atoms with E-state index in [-0.39, 0.29) is 0 Å². The van der Waals surface area contributed by atoms with Crippen molar-refractivity contribution in [1.29, 1.82) is 0 Å². The fraction of sp³-hybridized carbons (Fsp3) is 0.125. The molecule has 0 radical (unpaired) electrons. The second-order valence-electron chi connectivity index (χ2n) is 4.81. The SMILES string of the molecule is Cc1ccc(S(=O)(=O)n2c(C)[c-]c3ccccc32)cc1.[Zn+][I]. The Bertz CT molecular complexity index is 886. The number of aromatic nitrogens is 1. The van der Waals surface area contributed by atoms with E-state index in [2.05, 4.69) is 25.8 Å². The molecule has 0 aliphatic heterocycles. The number of rotatable bonds is 2. The summed E-state index contributed by atoms with van der Waals surface area (Å²) in [7, 11) is -3.58. The third kappa shape index (κ3) is 3.29. The van der Waals surface area contributed by atoms with Gasteiger partial charge in [-0.15, -0.1) is 6.07 Å². The van der Waals surface area contributed by atoms with Gasteiger partial charge in [0, 0.05) is 0 Å². The van der Waals surface area contributed by atoms with Gasteiger partial charge in [-0.25, -0.2) is 8.42 Å². The summed E-state index contributed by atoms with van der Waals surface area (Å²) < 4.78 is 26.9. The minimum atomic E-state index is -3.58. The van der Waals surface area contributed by atoms with Gasteiger partial charge in [-0.2, -0.15) is 17.5 Å². The van der Waals surface area contributed by atoms with Gasteiger partial charge in [0.05, 0.1) is 4.90 Å². The van der Waals surface area contributed by atoms with E-state index in [9.17, 15) is 8.42 Å². The molecule has 0 bridgehead atoms. The minimum absolute atomic E-state index is 0.293. The van der Waals surface area contributed by atoms with Gasteiger partial charge < -0.3 is 3.97 Å². The Kier molecular flexibility index (Phi) is 5.80. The summed E-state index contributed by atoms with van der Waals surface area (Å²) in [5.41, 5.74) is 2.28. The van der Waals surface area contributed by atoms with Crippen LogP contribution in [-0.2, 0) is 24.8 Å². The van der Waals surface area contributed by atoms with Crippen molar-refractivity contribution in [1.82, 2.24) is 3.97 Å². The van der Waals surface area contributed by atoms with E-state index in [0.717, 1.165) is 10.9 Å². The van der Waals surface area contributed by atoms with Gasteiger partial charge in [-0.05, 0) is 37.2 Å². The molecule has 0 unspecified atom stereocenters. The molecule has 0 spiro atoms. The average Bonchev–Trinajstić information content (AvgIpc) is 2.86. The van der Waals surface area contributed by atoms with Gasteiger partial charge in [0.2, 0.25) is 0 Å². The van der Waals surface area contributed by atoms with E-state index in [4.69, 9.17) is 0 Å². The Balaban J connectivity index is 0.000000847. The zero-order valence-electron chi connectivity index (χ0n) is 12.4. The van der Waals surface area contributed by atoms with Crippen molar-refractivity contribution in [3.05, 3.63) is 65.9 Å². The molecule has 0 atom stereocenters. The van der Waals surface area contributed by atoms with Crippen molar-refractivity contribution >= 4 is 40.7 Å². The molecule has 0 saturated carbocycles. The predicted octanol–water partition coefficient (Wildman–Crippen LogP) is 4.18. The molecule has 1 heterocycles. The number of hydrogen-bond acceptors (Lipinski definition) is 2. The van der Waals surface area contributed by atoms with Crippen molar-refractivity contribution in [2.75, 3.05) is 0 Å². The van der Waals surface area contributed by atoms with Gasteiger partial charge in [-0.3, -0.25) is 0 Å². The normalized spacial score (nSPS) is 11.1. The van der Waals surface area contributed by atoms with Crippen LogP contribution in [0.2, 0.25) is 0 Å². The number of halogens is 1. The van der Waals surface area contributed by atoms with Gasteiger partial charge >= 0.3 is 34.5 Å². The molecule has 0 aliphatic carbocycles. The zero-order chi connectivity index (χ0) is 16.3. The summed E-state index contributed by atoms with van der Waals surface area (Å²) in [6.45, 7) is 3.69. The van der Waals surface area contributed by atoms with E-state index in [0.29, 0.717) is 16.1 Å². The van der Waals surface area contributed by atoms with Crippen molar-refractivity contribution in [3.63, 3.8) is 0 Å². The molecule has 1 aromatic heterocycles. The van der Waals surface area contributed by atoms with E-state index < -0.39 is 10.0 Å². The third-order valence-corrected chi connectivity index (χ3v) is 5.12. The van der Waals surface area contributed by atoms with Crippen LogP contribution >= 0.6 is 19.8 Å². The van der Waals surface area contributed by atoms with Gasteiger partial charge in [0.1, 0.15) is 0 Å². The molecule has 0 fully saturated rings. The average molecular weight is 477 g/mol. The summed E-state index contributed by atoms with van der Waals surface area (Å²) >= 11 is 3.62. The number of para-hydroxylation sites is 1. The maximum atomic E-state index is 12.8. The van der Waals surface area contributed by atoms with E-state index in [1.54, 1.807) is 37.3 Å². The Labute approximate surface area is 151 Å². The summed E-state index contributed by atoms with van der Waals surface area (Å²) in [6.07, 6.45) is 0. The van der Waals surface area contributed by atoms with Gasteiger partial charge in [0.15, 0.2) is 0 Å². The van der Waals surface area contributed by atoms with Crippen LogP contribution in [0.5, 0.6) is 0 Å². The summed E-state index contributed by atoms with van der Waals surface area (Å²) in [5, 5.41) is 0.806. The molecule has 0 aliphatic rings. The fourth-order valence-corrected chi connectivity index (χ4v) is 3.82. The van der Waals surface area contributed by atoms with Crippen LogP contribution in [0, 0.1) is 19.9 Å². The molecular weight excluding hydrogens is 463 g/mol. The molecule has 3 nitrogen and oxygen atoms in total. The number of hydrogen-bond donors (Lipinski definition) is 0. The number of benzene rings is 2. The first-order valence-corrected chi connectivity index (χ1v) is 17.1. The molecule has 6 heteroatoms. The Morgan fingerprint density at radius 1 is 1.00 bits per heavy atom. The monoisotopic (exact) mass is 475 g/mol. The van der Waals surface area contributed by atoms with Gasteiger partial charge in [-0.1, -0.05) is 29.8 Å². The van der Waals surface area contributed by atoms with Crippen LogP contribution in [0.3, 0.4) is 0 Å². The second kappa shape index (κ2) is 7.24. The van der Waals surface area contributed by atoms with Crippen LogP contribution in [0.25, 0.3) is 10.9 Å². The van der Waals surface area contributed by atoms with Crippen molar-refractivity contribution in [2.45, 2.75) is 18.7 Å². The van der Waals surface area contributed by atoms with Crippen LogP contribution in [0.1, 0.15) is 11.3 Å². The molecule has 22 heavy (non-hydrogen) atoms. The molecule has 0 amide bonds. The molecule has 0 saturated heterocycles. The first kappa shape index (κ1) is 17.6. The van der Waals surface area contributed by atoms with E-state index >= 15 is 0 Å². The molecule has 2 aromatic carbocycles. The molecule has 0 N–H and O–H groups in total. The Hall–Kier alpha value is -0.717. The van der Waals surface area contributed by atoms with Crippen molar-refractivity contribution in [2.24, 2.45) is 0 Å². The Morgan fingerprint density at radius 3 is 2.23 bits per heavy atom. The number of fused-ring (bicyclic) bond motifs is 1. The third-order valence-electron chi connectivity index (χ3n) is 3.30. The zero-order valence-corrected chi connectivity index (χ0v) is 18.3. The standard InChI is InChI=1S/C16H14NO2S.HI.Zn/c1-12-7-9-15(10-8-12)20(18,19)17-13(2)11-14-5-3-4-6-16(14)17;;/h3-10H,1-2H3;1H;/q-1;;+2/p-1. The van der Waals surface area contributed by atoms with Crippen LogP contribution < -0.4 is 0 Å². The predicted molar refractivity (Wildman–Crippen MR) is 93.3 cm³/mol. The van der Waals surface area contributed by atoms with Crippen molar-refractivity contribution < 1.29 is 23.2 Å². The summed E-state index contributed by atoms with van der Waals surface area (Å²) in [5.74, 6) is 0. The Morgan fingerprint density at radius 2 is 1.59 bits per heavy atom. The molecular formula is C16H14INO2SZn. The first-order valence-electron chi connectivity index (χ1n) is 6.58. The van der Waals surface area contributed by atoms with E-state index in [1.165, 1.54) is 18.8 Å². The van der Waals surface area contributed by atoms with Crippen LogP contribution in [-0.4, -0.2) is 12.4 Å². The van der Waals surface area contributed by atoms with E-state index in [1.807, 2.05) is 25.1 Å². The number of nitrogens with zero attached hydrogens (tertiary/aromatic N) is 1. The second-order valence-corrected chi connectivity index (χ2v) is 6.60.